The molecule has 2 aromatic carbocycles. The predicted molar refractivity (Wildman–Crippen MR) is 138 cm³/mol. The van der Waals surface area contributed by atoms with Crippen LogP contribution in [0.25, 0.3) is 0 Å². The van der Waals surface area contributed by atoms with Gasteiger partial charge in [-0.2, -0.15) is 0 Å². The summed E-state index contributed by atoms with van der Waals surface area (Å²) in [7, 11) is 1.62. The van der Waals surface area contributed by atoms with E-state index in [1.807, 2.05) is 61.5 Å². The molecular formula is C28H34O8S. The quantitative estimate of drug-likeness (QED) is 0.391. The fourth-order valence-electron chi connectivity index (χ4n) is 4.34. The summed E-state index contributed by atoms with van der Waals surface area (Å²) in [5.41, 5.74) is 1.36. The summed E-state index contributed by atoms with van der Waals surface area (Å²) < 4.78 is 36.4. The lowest BCUT2D eigenvalue weighted by atomic mass is 9.98. The summed E-state index contributed by atoms with van der Waals surface area (Å²) in [6.45, 7) is 4.07. The van der Waals surface area contributed by atoms with E-state index in [0.717, 1.165) is 22.6 Å². The van der Waals surface area contributed by atoms with Crippen LogP contribution in [-0.4, -0.2) is 61.1 Å². The molecule has 0 saturated carbocycles. The smallest absolute Gasteiger partial charge is 0.306 e. The third-order valence-electron chi connectivity index (χ3n) is 6.24. The summed E-state index contributed by atoms with van der Waals surface area (Å²) in [5, 5.41) is 0. The van der Waals surface area contributed by atoms with Crippen LogP contribution in [0.4, 0.5) is 0 Å². The number of ketones is 1. The third-order valence-corrected chi connectivity index (χ3v) is 7.28. The molecule has 0 spiro atoms. The lowest BCUT2D eigenvalue weighted by Gasteiger charge is -2.48. The van der Waals surface area contributed by atoms with Gasteiger partial charge in [0.25, 0.3) is 0 Å². The maximum Gasteiger partial charge on any atom is 0.306 e. The first-order valence-corrected chi connectivity index (χ1v) is 13.6. The van der Waals surface area contributed by atoms with Crippen LogP contribution < -0.4 is 4.74 Å². The normalized spacial score (nSPS) is 27.2. The molecule has 2 aliphatic heterocycles. The molecule has 37 heavy (non-hydrogen) atoms. The number of ether oxygens (including phenoxy) is 6. The Morgan fingerprint density at radius 2 is 1.76 bits per heavy atom. The second-order valence-electron chi connectivity index (χ2n) is 8.96. The van der Waals surface area contributed by atoms with E-state index in [0.29, 0.717) is 6.61 Å². The molecule has 0 amide bonds. The Balaban J connectivity index is 1.58. The molecule has 2 heterocycles. The zero-order valence-corrected chi connectivity index (χ0v) is 22.2. The Morgan fingerprint density at radius 3 is 2.43 bits per heavy atom. The van der Waals surface area contributed by atoms with Crippen LogP contribution >= 0.6 is 11.8 Å². The number of carbonyl (C=O) groups is 2. The van der Waals surface area contributed by atoms with Crippen LogP contribution in [0, 0.1) is 0 Å². The molecule has 0 aliphatic carbocycles. The minimum Gasteiger partial charge on any atom is -0.497 e. The fraction of sp³-hybridized carbons (Fsp3) is 0.500. The third kappa shape index (κ3) is 7.33. The summed E-state index contributed by atoms with van der Waals surface area (Å²) in [5.74, 6) is 0.976. The van der Waals surface area contributed by atoms with E-state index in [2.05, 4.69) is 0 Å². The van der Waals surface area contributed by atoms with E-state index < -0.39 is 42.1 Å². The molecule has 0 N–H and O–H groups in total. The molecule has 9 heteroatoms. The van der Waals surface area contributed by atoms with Crippen molar-refractivity contribution >= 4 is 23.5 Å². The number of methoxy groups -OCH3 is 1. The van der Waals surface area contributed by atoms with Gasteiger partial charge in [0.2, 0.25) is 0 Å². The highest BCUT2D eigenvalue weighted by atomic mass is 32.2. The number of carbonyl (C=O) groups excluding carboxylic acids is 2. The van der Waals surface area contributed by atoms with Gasteiger partial charge in [0.15, 0.2) is 12.4 Å². The van der Waals surface area contributed by atoms with Gasteiger partial charge in [-0.3, -0.25) is 4.79 Å². The van der Waals surface area contributed by atoms with E-state index >= 15 is 0 Å². The molecule has 2 saturated heterocycles. The average Bonchev–Trinajstić information content (AvgIpc) is 2.92. The number of rotatable bonds is 11. The van der Waals surface area contributed by atoms with Crippen molar-refractivity contribution < 1.29 is 38.0 Å². The van der Waals surface area contributed by atoms with Crippen LogP contribution in [0.2, 0.25) is 0 Å². The largest absolute Gasteiger partial charge is 0.497 e. The topological polar surface area (TPSA) is 89.5 Å². The highest BCUT2D eigenvalue weighted by molar-refractivity contribution is 7.99. The molecular weight excluding hydrogens is 496 g/mol. The zero-order valence-electron chi connectivity index (χ0n) is 21.4. The van der Waals surface area contributed by atoms with Crippen LogP contribution in [-0.2, 0) is 39.9 Å². The van der Waals surface area contributed by atoms with Crippen LogP contribution in [0.15, 0.2) is 54.6 Å². The molecule has 1 unspecified atom stereocenters. The monoisotopic (exact) mass is 530 g/mol. The lowest BCUT2D eigenvalue weighted by Crippen LogP contribution is -2.62. The van der Waals surface area contributed by atoms with Crippen molar-refractivity contribution in [3.05, 3.63) is 65.7 Å². The van der Waals surface area contributed by atoms with Crippen LogP contribution in [0.5, 0.6) is 5.75 Å². The number of Topliss-reactive ketones (excluding diaryl/α,β-unsaturated/α-hetero) is 1. The van der Waals surface area contributed by atoms with Crippen LogP contribution in [0.3, 0.4) is 0 Å². The van der Waals surface area contributed by atoms with Gasteiger partial charge in [-0.05, 0) is 30.4 Å². The molecule has 0 bridgehead atoms. The van der Waals surface area contributed by atoms with Gasteiger partial charge < -0.3 is 33.2 Å². The number of benzene rings is 2. The standard InChI is InChI=1S/C28H34O8S/c1-4-37-28-26(35-23(30)15-10-18(2)29)25(32-16-19-11-13-21(31-3)14-12-19)24-22(34-28)17-33-27(36-24)20-8-6-5-7-9-20/h5-9,11-14,22,24-28H,4,10,15-17H2,1-3H3/t22-,24+,25+,26-,27?,28+/m1/s1. The van der Waals surface area contributed by atoms with Crippen molar-refractivity contribution in [2.75, 3.05) is 19.5 Å². The summed E-state index contributed by atoms with van der Waals surface area (Å²) in [4.78, 5) is 24.2. The summed E-state index contributed by atoms with van der Waals surface area (Å²) >= 11 is 1.54. The highest BCUT2D eigenvalue weighted by Crippen LogP contribution is 2.39. The summed E-state index contributed by atoms with van der Waals surface area (Å²) in [6, 6.07) is 17.3. The number of fused-ring (bicyclic) bond motifs is 1. The minimum atomic E-state index is -0.724. The maximum atomic E-state index is 12.7. The molecule has 2 aromatic rings. The molecule has 2 aliphatic rings. The Morgan fingerprint density at radius 1 is 1.00 bits per heavy atom. The molecule has 6 atom stereocenters. The van der Waals surface area contributed by atoms with E-state index in [4.69, 9.17) is 28.4 Å². The van der Waals surface area contributed by atoms with E-state index in [1.54, 1.807) is 7.11 Å². The van der Waals surface area contributed by atoms with Gasteiger partial charge in [0, 0.05) is 12.0 Å². The molecule has 0 radical (unpaired) electrons. The molecule has 0 aromatic heterocycles. The number of hydrogen-bond acceptors (Lipinski definition) is 9. The second-order valence-corrected chi connectivity index (χ2v) is 10.3. The Kier molecular flexibility index (Phi) is 9.99. The van der Waals surface area contributed by atoms with E-state index in [-0.39, 0.29) is 25.2 Å². The van der Waals surface area contributed by atoms with Gasteiger partial charge in [0.05, 0.1) is 26.7 Å². The highest BCUT2D eigenvalue weighted by Gasteiger charge is 2.52. The van der Waals surface area contributed by atoms with Crippen molar-refractivity contribution in [2.45, 2.75) is 69.4 Å². The fourth-order valence-corrected chi connectivity index (χ4v) is 5.29. The SMILES string of the molecule is CCS[C@@H]1O[C@@H]2COC(c3ccccc3)O[C@@H]2[C@H](OCc2ccc(OC)cc2)[C@H]1OC(=O)CCC(C)=O. The van der Waals surface area contributed by atoms with Crippen molar-refractivity contribution in [3.63, 3.8) is 0 Å². The average molecular weight is 531 g/mol. The first kappa shape index (κ1) is 27.6. The van der Waals surface area contributed by atoms with Crippen molar-refractivity contribution in [3.8, 4) is 5.75 Å². The summed E-state index contributed by atoms with van der Waals surface area (Å²) in [6.07, 6.45) is -2.72. The van der Waals surface area contributed by atoms with Crippen LogP contribution in [0.1, 0.15) is 44.1 Å². The predicted octanol–water partition coefficient (Wildman–Crippen LogP) is 4.45. The Hall–Kier alpha value is -2.43. The van der Waals surface area contributed by atoms with Crippen molar-refractivity contribution in [1.29, 1.82) is 0 Å². The van der Waals surface area contributed by atoms with Gasteiger partial charge in [-0.25, -0.2) is 0 Å². The second kappa shape index (κ2) is 13.4. The zero-order chi connectivity index (χ0) is 26.2. The van der Waals surface area contributed by atoms with Gasteiger partial charge in [-0.15, -0.1) is 11.8 Å². The molecule has 8 nitrogen and oxygen atoms in total. The lowest BCUT2D eigenvalue weighted by molar-refractivity contribution is -0.326. The first-order chi connectivity index (χ1) is 18.0. The molecule has 4 rings (SSSR count). The first-order valence-electron chi connectivity index (χ1n) is 12.5. The van der Waals surface area contributed by atoms with Crippen molar-refractivity contribution in [2.24, 2.45) is 0 Å². The van der Waals surface area contributed by atoms with E-state index in [9.17, 15) is 9.59 Å². The number of esters is 1. The molecule has 200 valence electrons. The van der Waals surface area contributed by atoms with E-state index in [1.165, 1.54) is 18.7 Å². The van der Waals surface area contributed by atoms with Crippen molar-refractivity contribution in [1.82, 2.24) is 0 Å². The maximum absolute atomic E-state index is 12.7. The Bertz CT molecular complexity index is 1010. The molecule has 2 fully saturated rings. The minimum absolute atomic E-state index is 0.00521. The van der Waals surface area contributed by atoms with Gasteiger partial charge in [0.1, 0.15) is 35.3 Å². The number of thioether (sulfide) groups is 1. The Labute approximate surface area is 221 Å². The number of hydrogen-bond donors (Lipinski definition) is 0. The van der Waals surface area contributed by atoms with Gasteiger partial charge >= 0.3 is 5.97 Å². The van der Waals surface area contributed by atoms with Gasteiger partial charge in [-0.1, -0.05) is 49.4 Å².